The monoisotopic (exact) mass is 499 g/mol. The first-order valence-electron chi connectivity index (χ1n) is 10.5. The number of nitrogens with zero attached hydrogens (tertiary/aromatic N) is 3. The molecule has 1 saturated heterocycles. The molecule has 3 rings (SSSR count). The Hall–Kier alpha value is -3.03. The van der Waals surface area contributed by atoms with Crippen LogP contribution in [-0.2, 0) is 23.1 Å². The average Bonchev–Trinajstić information content (AvgIpc) is 3.32. The number of hydrogen-bond acceptors (Lipinski definition) is 5. The second kappa shape index (κ2) is 10.5. The number of carbonyl (C=O) groups is 2. The lowest BCUT2D eigenvalue weighted by molar-refractivity contribution is 0.101. The fourth-order valence-corrected chi connectivity index (χ4v) is 4.77. The summed E-state index contributed by atoms with van der Waals surface area (Å²) >= 11 is -2.69. The van der Waals surface area contributed by atoms with Crippen LogP contribution in [0, 0.1) is 24.5 Å². The van der Waals surface area contributed by atoms with Crippen LogP contribution in [-0.4, -0.2) is 62.5 Å². The SMILES string of the molecule is CCOC(=O)N1CC(CN)C(N(c2cn(C)c(C(=O)Nc3ccc(F)c(C)c3)c2F)S(=O)O)C1. The molecule has 3 atom stereocenters. The molecule has 0 radical (unpaired) electrons. The van der Waals surface area contributed by atoms with E-state index < -0.39 is 52.6 Å². The third kappa shape index (κ3) is 5.05. The number of nitrogens with one attached hydrogen (secondary N) is 1. The van der Waals surface area contributed by atoms with Gasteiger partial charge in [0.1, 0.15) is 17.2 Å². The van der Waals surface area contributed by atoms with Gasteiger partial charge in [-0.15, -0.1) is 0 Å². The fraction of sp³-hybridized carbons (Fsp3) is 0.429. The van der Waals surface area contributed by atoms with E-state index in [0.717, 1.165) is 4.31 Å². The van der Waals surface area contributed by atoms with Gasteiger partial charge in [0.2, 0.25) is 0 Å². The van der Waals surface area contributed by atoms with E-state index in [2.05, 4.69) is 5.32 Å². The van der Waals surface area contributed by atoms with Crippen molar-refractivity contribution in [1.82, 2.24) is 9.47 Å². The van der Waals surface area contributed by atoms with E-state index in [0.29, 0.717) is 5.56 Å². The highest BCUT2D eigenvalue weighted by Gasteiger charge is 2.42. The van der Waals surface area contributed by atoms with E-state index in [9.17, 15) is 22.7 Å². The molecule has 1 aliphatic heterocycles. The third-order valence-corrected chi connectivity index (χ3v) is 6.48. The molecule has 2 heterocycles. The Bertz CT molecular complexity index is 1110. The van der Waals surface area contributed by atoms with Crippen molar-refractivity contribution >= 4 is 34.6 Å². The van der Waals surface area contributed by atoms with Crippen LogP contribution in [0.2, 0.25) is 0 Å². The van der Waals surface area contributed by atoms with Crippen LogP contribution in [0.15, 0.2) is 24.4 Å². The molecule has 1 aromatic heterocycles. The molecule has 0 spiro atoms. The standard InChI is InChI=1S/C21H27F2N5O5S/c1-4-33-21(30)27-9-13(8-24)16(11-27)28(34(31)32)17-10-26(3)19(18(17)23)20(29)25-14-5-6-15(22)12(2)7-14/h5-7,10,13,16H,4,8-9,11,24H2,1-3H3,(H,25,29)(H,31,32). The number of aromatic nitrogens is 1. The molecule has 34 heavy (non-hydrogen) atoms. The summed E-state index contributed by atoms with van der Waals surface area (Å²) in [7, 11) is 1.41. The zero-order valence-corrected chi connectivity index (χ0v) is 19.8. The van der Waals surface area contributed by atoms with Crippen molar-refractivity contribution in [3.05, 3.63) is 47.3 Å². The van der Waals surface area contributed by atoms with Gasteiger partial charge in [0.05, 0.1) is 12.6 Å². The number of halogens is 2. The third-order valence-electron chi connectivity index (χ3n) is 5.67. The smallest absolute Gasteiger partial charge is 0.409 e. The highest BCUT2D eigenvalue weighted by atomic mass is 32.2. The zero-order chi connectivity index (χ0) is 25.2. The van der Waals surface area contributed by atoms with Crippen LogP contribution in [0.25, 0.3) is 0 Å². The summed E-state index contributed by atoms with van der Waals surface area (Å²) in [4.78, 5) is 26.3. The number of rotatable bonds is 7. The van der Waals surface area contributed by atoms with Crippen molar-refractivity contribution in [3.63, 3.8) is 0 Å². The molecule has 2 amide bonds. The number of amides is 2. The number of benzene rings is 1. The van der Waals surface area contributed by atoms with Gasteiger partial charge < -0.3 is 25.3 Å². The first-order valence-corrected chi connectivity index (χ1v) is 11.6. The first kappa shape index (κ1) is 25.6. The zero-order valence-electron chi connectivity index (χ0n) is 19.0. The minimum atomic E-state index is -2.69. The average molecular weight is 500 g/mol. The molecule has 0 aliphatic carbocycles. The Morgan fingerprint density at radius 1 is 1.35 bits per heavy atom. The van der Waals surface area contributed by atoms with E-state index in [1.165, 1.54) is 47.8 Å². The van der Waals surface area contributed by atoms with E-state index in [4.69, 9.17) is 10.5 Å². The lowest BCUT2D eigenvalue weighted by Gasteiger charge is -2.29. The molecule has 2 aromatic rings. The first-order chi connectivity index (χ1) is 16.1. The number of likely N-dealkylation sites (tertiary alicyclic amines) is 1. The maximum atomic E-state index is 15.5. The van der Waals surface area contributed by atoms with Gasteiger partial charge in [0.15, 0.2) is 5.82 Å². The van der Waals surface area contributed by atoms with Crippen LogP contribution in [0.4, 0.5) is 25.0 Å². The summed E-state index contributed by atoms with van der Waals surface area (Å²) < 4.78 is 58.4. The van der Waals surface area contributed by atoms with Gasteiger partial charge in [-0.3, -0.25) is 13.7 Å². The molecule has 13 heteroatoms. The predicted octanol–water partition coefficient (Wildman–Crippen LogP) is 2.22. The molecule has 186 valence electrons. The van der Waals surface area contributed by atoms with Crippen LogP contribution in [0.3, 0.4) is 0 Å². The Morgan fingerprint density at radius 3 is 2.65 bits per heavy atom. The van der Waals surface area contributed by atoms with Crippen molar-refractivity contribution in [3.8, 4) is 0 Å². The largest absolute Gasteiger partial charge is 0.450 e. The van der Waals surface area contributed by atoms with Crippen LogP contribution in [0.1, 0.15) is 23.0 Å². The number of anilines is 2. The number of hydrogen-bond donors (Lipinski definition) is 3. The number of nitrogens with two attached hydrogens (primary N) is 1. The molecule has 1 fully saturated rings. The summed E-state index contributed by atoms with van der Waals surface area (Å²) in [5.41, 5.74) is 5.71. The highest BCUT2D eigenvalue weighted by molar-refractivity contribution is 7.80. The highest BCUT2D eigenvalue weighted by Crippen LogP contribution is 2.32. The lowest BCUT2D eigenvalue weighted by Crippen LogP contribution is -2.44. The van der Waals surface area contributed by atoms with Crippen molar-refractivity contribution in [2.45, 2.75) is 19.9 Å². The molecule has 0 saturated carbocycles. The Morgan fingerprint density at radius 2 is 2.06 bits per heavy atom. The van der Waals surface area contributed by atoms with Crippen LogP contribution >= 0.6 is 0 Å². The van der Waals surface area contributed by atoms with Crippen molar-refractivity contribution in [2.75, 3.05) is 35.9 Å². The van der Waals surface area contributed by atoms with Crippen molar-refractivity contribution in [1.29, 1.82) is 0 Å². The topological polar surface area (TPSA) is 130 Å². The van der Waals surface area contributed by atoms with Gasteiger partial charge >= 0.3 is 6.09 Å². The maximum Gasteiger partial charge on any atom is 0.409 e. The van der Waals surface area contributed by atoms with Gasteiger partial charge in [0.25, 0.3) is 17.2 Å². The number of ether oxygens (including phenoxy) is 1. The van der Waals surface area contributed by atoms with Gasteiger partial charge in [-0.1, -0.05) is 0 Å². The summed E-state index contributed by atoms with van der Waals surface area (Å²) in [6.45, 7) is 3.55. The second-order valence-electron chi connectivity index (χ2n) is 7.93. The molecular weight excluding hydrogens is 472 g/mol. The van der Waals surface area contributed by atoms with Gasteiger partial charge in [-0.05, 0) is 44.2 Å². The Labute approximate surface area is 198 Å². The Kier molecular flexibility index (Phi) is 7.89. The molecule has 1 aliphatic rings. The number of aryl methyl sites for hydroxylation is 2. The fourth-order valence-electron chi connectivity index (χ4n) is 4.00. The maximum absolute atomic E-state index is 15.5. The summed E-state index contributed by atoms with van der Waals surface area (Å²) in [6, 6.07) is 3.12. The lowest BCUT2D eigenvalue weighted by atomic mass is 10.0. The van der Waals surface area contributed by atoms with Crippen molar-refractivity contribution in [2.24, 2.45) is 18.7 Å². The minimum absolute atomic E-state index is 0.0162. The molecule has 10 nitrogen and oxygen atoms in total. The summed E-state index contributed by atoms with van der Waals surface area (Å²) in [5.74, 6) is -2.74. The van der Waals surface area contributed by atoms with Gasteiger partial charge in [-0.25, -0.2) is 17.8 Å². The predicted molar refractivity (Wildman–Crippen MR) is 123 cm³/mol. The normalized spacial score (nSPS) is 18.6. The molecular formula is C21H27F2N5O5S. The summed E-state index contributed by atoms with van der Waals surface area (Å²) in [5, 5.41) is 2.50. The van der Waals surface area contributed by atoms with Gasteiger partial charge in [0, 0.05) is 37.9 Å². The molecule has 3 unspecified atom stereocenters. The molecule has 1 aromatic carbocycles. The molecule has 4 N–H and O–H groups in total. The van der Waals surface area contributed by atoms with E-state index in [1.54, 1.807) is 6.92 Å². The van der Waals surface area contributed by atoms with Crippen LogP contribution in [0.5, 0.6) is 0 Å². The number of carbonyl (C=O) groups excluding carboxylic acids is 2. The Balaban J connectivity index is 1.92. The van der Waals surface area contributed by atoms with E-state index in [1.807, 2.05) is 0 Å². The second-order valence-corrected chi connectivity index (χ2v) is 8.78. The van der Waals surface area contributed by atoms with E-state index >= 15 is 4.39 Å². The van der Waals surface area contributed by atoms with E-state index in [-0.39, 0.29) is 37.6 Å². The van der Waals surface area contributed by atoms with Crippen molar-refractivity contribution < 1.29 is 31.9 Å². The molecule has 0 bridgehead atoms. The van der Waals surface area contributed by atoms with Gasteiger partial charge in [-0.2, -0.15) is 0 Å². The quantitative estimate of drug-likeness (QED) is 0.501. The summed E-state index contributed by atoms with van der Waals surface area (Å²) in [6.07, 6.45) is 0.616. The minimum Gasteiger partial charge on any atom is -0.450 e. The van der Waals surface area contributed by atoms with Crippen LogP contribution < -0.4 is 15.4 Å².